The summed E-state index contributed by atoms with van der Waals surface area (Å²) in [5.41, 5.74) is 2.20. The number of hydrazine groups is 1. The second-order valence-corrected chi connectivity index (χ2v) is 4.59. The van der Waals surface area contributed by atoms with E-state index in [9.17, 15) is 4.79 Å². The number of ether oxygens (including phenoxy) is 1. The largest absolute Gasteiger partial charge is 0.379 e. The molecule has 5 heteroatoms. The molecule has 1 aliphatic rings. The van der Waals surface area contributed by atoms with Crippen LogP contribution in [0.5, 0.6) is 0 Å². The van der Waals surface area contributed by atoms with Crippen molar-refractivity contribution >= 4 is 17.7 Å². The summed E-state index contributed by atoms with van der Waals surface area (Å²) < 4.78 is 5.04. The second kappa shape index (κ2) is 5.47. The van der Waals surface area contributed by atoms with Gasteiger partial charge in [-0.2, -0.15) is 0 Å². The molecule has 0 radical (unpaired) electrons. The summed E-state index contributed by atoms with van der Waals surface area (Å²) in [5.74, 6) is 5.02. The van der Waals surface area contributed by atoms with Gasteiger partial charge in [0.05, 0.1) is 23.7 Å². The van der Waals surface area contributed by atoms with E-state index in [1.807, 2.05) is 0 Å². The van der Waals surface area contributed by atoms with E-state index in [0.29, 0.717) is 5.25 Å². The molecule has 0 aromatic carbocycles. The van der Waals surface area contributed by atoms with E-state index in [1.165, 1.54) is 0 Å². The Hall–Kier alpha value is -0.260. The average Bonchev–Trinajstić information content (AvgIpc) is 2.07. The van der Waals surface area contributed by atoms with E-state index in [4.69, 9.17) is 10.6 Å². The highest BCUT2D eigenvalue weighted by Crippen LogP contribution is 2.26. The van der Waals surface area contributed by atoms with Gasteiger partial charge in [-0.3, -0.25) is 10.2 Å². The Balaban J connectivity index is 2.31. The lowest BCUT2D eigenvalue weighted by molar-refractivity contribution is -0.120. The molecule has 0 saturated carbocycles. The molecular weight excluding hydrogens is 188 g/mol. The van der Waals surface area contributed by atoms with Crippen molar-refractivity contribution in [3.8, 4) is 0 Å². The van der Waals surface area contributed by atoms with Crippen molar-refractivity contribution in [3.63, 3.8) is 0 Å². The highest BCUT2D eigenvalue weighted by atomic mass is 32.2. The SMILES string of the molecule is CCCC(SC1COC1)C(=O)NN. The third kappa shape index (κ3) is 3.17. The summed E-state index contributed by atoms with van der Waals surface area (Å²) in [6.45, 7) is 3.60. The second-order valence-electron chi connectivity index (χ2n) is 3.08. The monoisotopic (exact) mass is 204 g/mol. The molecule has 1 aliphatic heterocycles. The first-order valence-electron chi connectivity index (χ1n) is 4.51. The van der Waals surface area contributed by atoms with Gasteiger partial charge in [0.15, 0.2) is 0 Å². The molecule has 1 atom stereocenters. The lowest BCUT2D eigenvalue weighted by Crippen LogP contribution is -2.41. The average molecular weight is 204 g/mol. The summed E-state index contributed by atoms with van der Waals surface area (Å²) in [5, 5.41) is 0.470. The number of hydrogen-bond acceptors (Lipinski definition) is 4. The fraction of sp³-hybridized carbons (Fsp3) is 0.875. The van der Waals surface area contributed by atoms with Crippen molar-refractivity contribution < 1.29 is 9.53 Å². The predicted molar refractivity (Wildman–Crippen MR) is 53.2 cm³/mol. The highest BCUT2D eigenvalue weighted by molar-refractivity contribution is 8.01. The van der Waals surface area contributed by atoms with Crippen LogP contribution in [0.2, 0.25) is 0 Å². The lowest BCUT2D eigenvalue weighted by Gasteiger charge is -2.28. The van der Waals surface area contributed by atoms with E-state index < -0.39 is 0 Å². The van der Waals surface area contributed by atoms with Gasteiger partial charge in [0.25, 0.3) is 0 Å². The first-order valence-corrected chi connectivity index (χ1v) is 5.45. The summed E-state index contributed by atoms with van der Waals surface area (Å²) in [4.78, 5) is 11.3. The number of hydrogen-bond donors (Lipinski definition) is 2. The predicted octanol–water partition coefficient (Wildman–Crippen LogP) is 0.277. The maximum atomic E-state index is 11.3. The molecule has 0 aliphatic carbocycles. The van der Waals surface area contributed by atoms with Crippen LogP contribution in [0.4, 0.5) is 0 Å². The van der Waals surface area contributed by atoms with Crippen LogP contribution in [0.3, 0.4) is 0 Å². The number of carbonyl (C=O) groups excluding carboxylic acids is 1. The third-order valence-corrected chi connectivity index (χ3v) is 3.39. The van der Waals surface area contributed by atoms with Crippen molar-refractivity contribution in [1.29, 1.82) is 0 Å². The molecule has 1 saturated heterocycles. The number of nitrogens with one attached hydrogen (secondary N) is 1. The van der Waals surface area contributed by atoms with Crippen LogP contribution in [-0.4, -0.2) is 29.6 Å². The van der Waals surface area contributed by atoms with E-state index in [1.54, 1.807) is 11.8 Å². The Morgan fingerprint density at radius 1 is 1.77 bits per heavy atom. The molecule has 1 amide bonds. The van der Waals surface area contributed by atoms with Gasteiger partial charge in [-0.05, 0) is 6.42 Å². The van der Waals surface area contributed by atoms with Crippen LogP contribution in [0.1, 0.15) is 19.8 Å². The zero-order valence-corrected chi connectivity index (χ0v) is 8.60. The minimum atomic E-state index is -0.0706. The van der Waals surface area contributed by atoms with E-state index in [2.05, 4.69) is 12.3 Å². The van der Waals surface area contributed by atoms with Crippen LogP contribution in [-0.2, 0) is 9.53 Å². The molecule has 1 heterocycles. The molecule has 4 nitrogen and oxygen atoms in total. The fourth-order valence-electron chi connectivity index (χ4n) is 1.14. The van der Waals surface area contributed by atoms with Crippen LogP contribution >= 0.6 is 11.8 Å². The van der Waals surface area contributed by atoms with Crippen molar-refractivity contribution in [2.45, 2.75) is 30.3 Å². The van der Waals surface area contributed by atoms with Gasteiger partial charge in [-0.1, -0.05) is 13.3 Å². The zero-order chi connectivity index (χ0) is 9.68. The number of carbonyl (C=O) groups is 1. The van der Waals surface area contributed by atoms with E-state index in [-0.39, 0.29) is 11.2 Å². The number of amides is 1. The van der Waals surface area contributed by atoms with Crippen LogP contribution in [0, 0.1) is 0 Å². The zero-order valence-electron chi connectivity index (χ0n) is 7.79. The van der Waals surface area contributed by atoms with Crippen molar-refractivity contribution in [2.24, 2.45) is 5.84 Å². The molecule has 0 bridgehead atoms. The molecule has 76 valence electrons. The first-order chi connectivity index (χ1) is 6.27. The van der Waals surface area contributed by atoms with Crippen LogP contribution in [0.25, 0.3) is 0 Å². The van der Waals surface area contributed by atoms with Gasteiger partial charge in [0.2, 0.25) is 5.91 Å². The molecule has 13 heavy (non-hydrogen) atoms. The number of nitrogens with two attached hydrogens (primary N) is 1. The minimum absolute atomic E-state index is 0.0103. The Bertz CT molecular complexity index is 174. The van der Waals surface area contributed by atoms with Gasteiger partial charge in [0.1, 0.15) is 0 Å². The molecule has 0 aromatic heterocycles. The molecular formula is C8H16N2O2S. The molecule has 0 aromatic rings. The molecule has 3 N–H and O–H groups in total. The normalized spacial score (nSPS) is 19.2. The maximum Gasteiger partial charge on any atom is 0.246 e. The first kappa shape index (κ1) is 10.8. The Morgan fingerprint density at radius 3 is 2.85 bits per heavy atom. The standard InChI is InChI=1S/C8H16N2O2S/c1-2-3-7(8(11)10-9)13-6-4-12-5-6/h6-7H,2-5,9H2,1H3,(H,10,11). The lowest BCUT2D eigenvalue weighted by atomic mass is 10.2. The Morgan fingerprint density at radius 2 is 2.46 bits per heavy atom. The van der Waals surface area contributed by atoms with Crippen molar-refractivity contribution in [3.05, 3.63) is 0 Å². The van der Waals surface area contributed by atoms with E-state index in [0.717, 1.165) is 26.1 Å². The molecule has 0 spiro atoms. The number of thioether (sulfide) groups is 1. The van der Waals surface area contributed by atoms with Crippen molar-refractivity contribution in [1.82, 2.24) is 5.43 Å². The van der Waals surface area contributed by atoms with Crippen LogP contribution < -0.4 is 11.3 Å². The quantitative estimate of drug-likeness (QED) is 0.383. The van der Waals surface area contributed by atoms with E-state index >= 15 is 0 Å². The van der Waals surface area contributed by atoms with Gasteiger partial charge < -0.3 is 4.74 Å². The van der Waals surface area contributed by atoms with Crippen molar-refractivity contribution in [2.75, 3.05) is 13.2 Å². The maximum absolute atomic E-state index is 11.3. The van der Waals surface area contributed by atoms with Gasteiger partial charge >= 0.3 is 0 Å². The number of rotatable bonds is 5. The van der Waals surface area contributed by atoms with Crippen LogP contribution in [0.15, 0.2) is 0 Å². The summed E-state index contributed by atoms with van der Waals surface area (Å²) in [6.07, 6.45) is 1.88. The summed E-state index contributed by atoms with van der Waals surface area (Å²) >= 11 is 1.67. The Kier molecular flexibility index (Phi) is 4.55. The van der Waals surface area contributed by atoms with Gasteiger partial charge in [-0.15, -0.1) is 11.8 Å². The topological polar surface area (TPSA) is 64.3 Å². The van der Waals surface area contributed by atoms with Gasteiger partial charge in [0, 0.05) is 0 Å². The summed E-state index contributed by atoms with van der Waals surface area (Å²) in [6, 6.07) is 0. The minimum Gasteiger partial charge on any atom is -0.379 e. The van der Waals surface area contributed by atoms with Gasteiger partial charge in [-0.25, -0.2) is 5.84 Å². The Labute approximate surface area is 82.5 Å². The third-order valence-electron chi connectivity index (χ3n) is 1.95. The smallest absolute Gasteiger partial charge is 0.246 e. The molecule has 1 fully saturated rings. The highest BCUT2D eigenvalue weighted by Gasteiger charge is 2.26. The summed E-state index contributed by atoms with van der Waals surface area (Å²) in [7, 11) is 0. The molecule has 1 unspecified atom stereocenters. The fourth-order valence-corrected chi connectivity index (χ4v) is 2.52. The molecule has 1 rings (SSSR count).